The van der Waals surface area contributed by atoms with Gasteiger partial charge in [0.2, 0.25) is 0 Å². The molecule has 0 spiro atoms. The van der Waals surface area contributed by atoms with Gasteiger partial charge in [-0.1, -0.05) is 12.1 Å². The van der Waals surface area contributed by atoms with Crippen LogP contribution in [0.2, 0.25) is 0 Å². The minimum Gasteiger partial charge on any atom is -0.493 e. The molecule has 0 saturated carbocycles. The molecule has 0 bridgehead atoms. The van der Waals surface area contributed by atoms with Crippen LogP contribution in [0.1, 0.15) is 25.0 Å². The summed E-state index contributed by atoms with van der Waals surface area (Å²) in [7, 11) is 0. The summed E-state index contributed by atoms with van der Waals surface area (Å²) in [4.78, 5) is 0. The first-order valence-electron chi connectivity index (χ1n) is 7.43. The second-order valence-corrected chi connectivity index (χ2v) is 5.62. The highest BCUT2D eigenvalue weighted by molar-refractivity contribution is 5.69. The Balaban J connectivity index is 2.00. The van der Waals surface area contributed by atoms with Crippen molar-refractivity contribution in [1.82, 2.24) is 0 Å². The van der Waals surface area contributed by atoms with E-state index in [1.807, 2.05) is 26.0 Å². The summed E-state index contributed by atoms with van der Waals surface area (Å²) in [6.45, 7) is 5.32. The zero-order valence-electron chi connectivity index (χ0n) is 12.6. The molecule has 0 aliphatic carbocycles. The lowest BCUT2D eigenvalue weighted by Gasteiger charge is -2.13. The number of fused-ring (bicyclic) bond motifs is 1. The fourth-order valence-electron chi connectivity index (χ4n) is 2.73. The van der Waals surface area contributed by atoms with Gasteiger partial charge in [-0.15, -0.1) is 0 Å². The molecule has 2 aromatic carbocycles. The Bertz CT molecular complexity index is 650. The molecule has 1 heterocycles. The van der Waals surface area contributed by atoms with E-state index in [0.717, 1.165) is 35.7 Å². The summed E-state index contributed by atoms with van der Waals surface area (Å²) in [6, 6.07) is 12.5. The average Bonchev–Trinajstić information content (AvgIpc) is 2.94. The Hall–Kier alpha value is -2.00. The van der Waals surface area contributed by atoms with E-state index < -0.39 is 0 Å². The van der Waals surface area contributed by atoms with Gasteiger partial charge in [0.1, 0.15) is 11.5 Å². The van der Waals surface area contributed by atoms with Gasteiger partial charge in [0.05, 0.1) is 12.7 Å². The molecule has 110 valence electrons. The van der Waals surface area contributed by atoms with Crippen LogP contribution in [0.5, 0.6) is 11.5 Å². The van der Waals surface area contributed by atoms with Gasteiger partial charge in [-0.2, -0.15) is 0 Å². The van der Waals surface area contributed by atoms with Crippen LogP contribution in [0.3, 0.4) is 0 Å². The van der Waals surface area contributed by atoms with Crippen molar-refractivity contribution in [2.45, 2.75) is 32.9 Å². The van der Waals surface area contributed by atoms with Gasteiger partial charge in [0.15, 0.2) is 0 Å². The molecule has 0 unspecified atom stereocenters. The van der Waals surface area contributed by atoms with Crippen LogP contribution in [-0.2, 0) is 13.0 Å². The van der Waals surface area contributed by atoms with Gasteiger partial charge in [-0.05, 0) is 54.8 Å². The van der Waals surface area contributed by atoms with E-state index in [4.69, 9.17) is 15.2 Å². The maximum absolute atomic E-state index is 5.86. The van der Waals surface area contributed by atoms with Crippen LogP contribution in [0.4, 0.5) is 0 Å². The van der Waals surface area contributed by atoms with Crippen molar-refractivity contribution in [1.29, 1.82) is 0 Å². The normalized spacial score (nSPS) is 13.1. The zero-order chi connectivity index (χ0) is 14.8. The standard InChI is InChI=1S/C18H21NO2/c1-12(2)21-17-5-3-4-13(10-17)15-8-14-6-7-20-18(14)16(9-15)11-19/h3-5,8-10,12H,6-7,11,19H2,1-2H3. The Morgan fingerprint density at radius 1 is 1.19 bits per heavy atom. The molecule has 0 fully saturated rings. The Morgan fingerprint density at radius 3 is 2.81 bits per heavy atom. The molecule has 1 aliphatic heterocycles. The van der Waals surface area contributed by atoms with Crippen LogP contribution >= 0.6 is 0 Å². The molecule has 0 radical (unpaired) electrons. The first-order valence-corrected chi connectivity index (χ1v) is 7.43. The second-order valence-electron chi connectivity index (χ2n) is 5.62. The third-order valence-corrected chi connectivity index (χ3v) is 3.62. The van der Waals surface area contributed by atoms with E-state index in [1.165, 1.54) is 11.1 Å². The van der Waals surface area contributed by atoms with Gasteiger partial charge < -0.3 is 15.2 Å². The second kappa shape index (κ2) is 5.78. The summed E-state index contributed by atoms with van der Waals surface area (Å²) in [5, 5.41) is 0. The molecule has 3 rings (SSSR count). The molecule has 3 heteroatoms. The first-order chi connectivity index (χ1) is 10.2. The van der Waals surface area contributed by atoms with E-state index in [-0.39, 0.29) is 6.10 Å². The first kappa shape index (κ1) is 14.0. The number of ether oxygens (including phenoxy) is 2. The highest BCUT2D eigenvalue weighted by Crippen LogP contribution is 2.35. The highest BCUT2D eigenvalue weighted by atomic mass is 16.5. The number of nitrogens with two attached hydrogens (primary N) is 1. The van der Waals surface area contributed by atoms with Gasteiger partial charge in [0.25, 0.3) is 0 Å². The number of hydrogen-bond acceptors (Lipinski definition) is 3. The number of rotatable bonds is 4. The van der Waals surface area contributed by atoms with E-state index in [1.54, 1.807) is 0 Å². The summed E-state index contributed by atoms with van der Waals surface area (Å²) in [5.74, 6) is 1.88. The monoisotopic (exact) mass is 283 g/mol. The van der Waals surface area contributed by atoms with Crippen molar-refractivity contribution >= 4 is 0 Å². The Kier molecular flexibility index (Phi) is 3.84. The van der Waals surface area contributed by atoms with Crippen LogP contribution in [0.25, 0.3) is 11.1 Å². The topological polar surface area (TPSA) is 44.5 Å². The van der Waals surface area contributed by atoms with Crippen molar-refractivity contribution in [2.75, 3.05) is 6.61 Å². The summed E-state index contributed by atoms with van der Waals surface area (Å²) in [5.41, 5.74) is 10.5. The van der Waals surface area contributed by atoms with Gasteiger partial charge >= 0.3 is 0 Å². The van der Waals surface area contributed by atoms with E-state index in [9.17, 15) is 0 Å². The van der Waals surface area contributed by atoms with E-state index in [0.29, 0.717) is 6.54 Å². The summed E-state index contributed by atoms with van der Waals surface area (Å²) < 4.78 is 11.5. The molecule has 0 atom stereocenters. The third-order valence-electron chi connectivity index (χ3n) is 3.62. The van der Waals surface area contributed by atoms with Crippen LogP contribution in [-0.4, -0.2) is 12.7 Å². The van der Waals surface area contributed by atoms with Gasteiger partial charge in [0, 0.05) is 18.5 Å². The predicted octanol–water partition coefficient (Wildman–Crippen LogP) is 3.53. The van der Waals surface area contributed by atoms with Crippen LogP contribution in [0, 0.1) is 0 Å². The molecule has 0 saturated heterocycles. The van der Waals surface area contributed by atoms with E-state index >= 15 is 0 Å². The lowest BCUT2D eigenvalue weighted by atomic mass is 9.98. The Morgan fingerprint density at radius 2 is 2.05 bits per heavy atom. The average molecular weight is 283 g/mol. The Labute approximate surface area is 125 Å². The van der Waals surface area contributed by atoms with Crippen LogP contribution < -0.4 is 15.2 Å². The fourth-order valence-corrected chi connectivity index (χ4v) is 2.73. The largest absolute Gasteiger partial charge is 0.493 e. The third kappa shape index (κ3) is 2.88. The molecule has 1 aliphatic rings. The van der Waals surface area contributed by atoms with Crippen molar-refractivity contribution < 1.29 is 9.47 Å². The minimum atomic E-state index is 0.174. The van der Waals surface area contributed by atoms with Crippen molar-refractivity contribution in [3.05, 3.63) is 47.5 Å². The fraction of sp³-hybridized carbons (Fsp3) is 0.333. The molecular formula is C18H21NO2. The molecular weight excluding hydrogens is 262 g/mol. The molecule has 0 amide bonds. The number of hydrogen-bond donors (Lipinski definition) is 1. The smallest absolute Gasteiger partial charge is 0.127 e. The molecule has 2 N–H and O–H groups in total. The maximum atomic E-state index is 5.86. The van der Waals surface area contributed by atoms with E-state index in [2.05, 4.69) is 24.3 Å². The van der Waals surface area contributed by atoms with Crippen LogP contribution in [0.15, 0.2) is 36.4 Å². The van der Waals surface area contributed by atoms with Crippen molar-refractivity contribution in [2.24, 2.45) is 5.73 Å². The van der Waals surface area contributed by atoms with Gasteiger partial charge in [-0.3, -0.25) is 0 Å². The predicted molar refractivity (Wildman–Crippen MR) is 84.7 cm³/mol. The maximum Gasteiger partial charge on any atom is 0.127 e. The SMILES string of the molecule is CC(C)Oc1cccc(-c2cc(CN)c3c(c2)CCO3)c1. The van der Waals surface area contributed by atoms with Crippen molar-refractivity contribution in [3.63, 3.8) is 0 Å². The summed E-state index contributed by atoms with van der Waals surface area (Å²) >= 11 is 0. The molecule has 2 aromatic rings. The lowest BCUT2D eigenvalue weighted by Crippen LogP contribution is -2.05. The number of benzene rings is 2. The highest BCUT2D eigenvalue weighted by Gasteiger charge is 2.17. The molecule has 21 heavy (non-hydrogen) atoms. The minimum absolute atomic E-state index is 0.174. The van der Waals surface area contributed by atoms with Crippen molar-refractivity contribution in [3.8, 4) is 22.6 Å². The quantitative estimate of drug-likeness (QED) is 0.933. The van der Waals surface area contributed by atoms with Gasteiger partial charge in [-0.25, -0.2) is 0 Å². The molecule has 3 nitrogen and oxygen atoms in total. The lowest BCUT2D eigenvalue weighted by molar-refractivity contribution is 0.242. The molecule has 0 aromatic heterocycles. The zero-order valence-corrected chi connectivity index (χ0v) is 12.6. The summed E-state index contributed by atoms with van der Waals surface area (Å²) in [6.07, 6.45) is 1.13.